The average Bonchev–Trinajstić information content (AvgIpc) is 2.79. The molecule has 0 radical (unpaired) electrons. The lowest BCUT2D eigenvalue weighted by Gasteiger charge is -2.33. The Kier molecular flexibility index (Phi) is 4.42. The first-order valence-corrected chi connectivity index (χ1v) is 6.57. The molecule has 2 fully saturated rings. The number of hydrogen-bond donors (Lipinski definition) is 2. The highest BCUT2D eigenvalue weighted by atomic mass is 15.2. The number of piperidine rings is 1. The fourth-order valence-corrected chi connectivity index (χ4v) is 2.75. The van der Waals surface area contributed by atoms with Crippen LogP contribution in [0.1, 0.15) is 32.6 Å². The summed E-state index contributed by atoms with van der Waals surface area (Å²) in [7, 11) is 0. The molecule has 0 saturated carbocycles. The van der Waals surface area contributed by atoms with E-state index in [0.29, 0.717) is 0 Å². The normalized spacial score (nSPS) is 33.4. The molecule has 2 N–H and O–H groups in total. The predicted octanol–water partition coefficient (Wildman–Crippen LogP) is 0.812. The topological polar surface area (TPSA) is 27.3 Å². The summed E-state index contributed by atoms with van der Waals surface area (Å²) in [5.41, 5.74) is 0. The van der Waals surface area contributed by atoms with E-state index in [-0.39, 0.29) is 0 Å². The number of hydrogen-bond acceptors (Lipinski definition) is 3. The van der Waals surface area contributed by atoms with Crippen molar-refractivity contribution in [2.24, 2.45) is 0 Å². The van der Waals surface area contributed by atoms with Crippen LogP contribution < -0.4 is 10.6 Å². The second-order valence-corrected chi connectivity index (χ2v) is 4.93. The first-order valence-electron chi connectivity index (χ1n) is 6.57. The molecule has 0 aliphatic carbocycles. The lowest BCUT2D eigenvalue weighted by molar-refractivity contribution is 0.197. The van der Waals surface area contributed by atoms with E-state index < -0.39 is 0 Å². The molecular weight excluding hydrogens is 186 g/mol. The van der Waals surface area contributed by atoms with Gasteiger partial charge in [0.2, 0.25) is 0 Å². The molecule has 0 spiro atoms. The molecule has 2 aliphatic heterocycles. The van der Waals surface area contributed by atoms with Gasteiger partial charge in [-0.2, -0.15) is 0 Å². The van der Waals surface area contributed by atoms with Crippen molar-refractivity contribution < 1.29 is 0 Å². The van der Waals surface area contributed by atoms with Crippen molar-refractivity contribution in [1.82, 2.24) is 15.5 Å². The van der Waals surface area contributed by atoms with Gasteiger partial charge in [-0.15, -0.1) is 0 Å². The van der Waals surface area contributed by atoms with Crippen LogP contribution in [0.4, 0.5) is 0 Å². The minimum Gasteiger partial charge on any atom is -0.313 e. The summed E-state index contributed by atoms with van der Waals surface area (Å²) in [6.07, 6.45) is 5.45. The number of likely N-dealkylation sites (tertiary alicyclic amines) is 1. The Balaban J connectivity index is 1.65. The molecule has 0 amide bonds. The first-order chi connectivity index (χ1) is 7.38. The Morgan fingerprint density at radius 1 is 1.33 bits per heavy atom. The zero-order valence-electron chi connectivity index (χ0n) is 9.97. The van der Waals surface area contributed by atoms with Gasteiger partial charge in [0.25, 0.3) is 0 Å². The zero-order valence-corrected chi connectivity index (χ0v) is 9.97. The third kappa shape index (κ3) is 3.44. The van der Waals surface area contributed by atoms with E-state index in [1.54, 1.807) is 0 Å². The smallest absolute Gasteiger partial charge is 0.0196 e. The van der Waals surface area contributed by atoms with Crippen molar-refractivity contribution in [2.45, 2.75) is 44.7 Å². The molecule has 2 saturated heterocycles. The van der Waals surface area contributed by atoms with Crippen molar-refractivity contribution in [3.8, 4) is 0 Å². The van der Waals surface area contributed by atoms with E-state index in [0.717, 1.165) is 12.1 Å². The minimum atomic E-state index is 0.737. The van der Waals surface area contributed by atoms with Crippen LogP contribution in [0.2, 0.25) is 0 Å². The molecule has 0 aromatic rings. The predicted molar refractivity (Wildman–Crippen MR) is 64.2 cm³/mol. The Morgan fingerprint density at radius 3 is 3.00 bits per heavy atom. The molecular formula is C12H25N3. The highest BCUT2D eigenvalue weighted by molar-refractivity contribution is 4.82. The van der Waals surface area contributed by atoms with Crippen molar-refractivity contribution in [3.63, 3.8) is 0 Å². The van der Waals surface area contributed by atoms with Gasteiger partial charge < -0.3 is 15.5 Å². The zero-order chi connectivity index (χ0) is 10.5. The Morgan fingerprint density at radius 2 is 2.27 bits per heavy atom. The molecule has 3 nitrogen and oxygen atoms in total. The molecule has 2 unspecified atom stereocenters. The maximum Gasteiger partial charge on any atom is 0.0196 e. The third-order valence-corrected chi connectivity index (χ3v) is 3.77. The van der Waals surface area contributed by atoms with Crippen LogP contribution in [-0.4, -0.2) is 49.7 Å². The maximum absolute atomic E-state index is 3.72. The van der Waals surface area contributed by atoms with Crippen LogP contribution in [0.25, 0.3) is 0 Å². The Labute approximate surface area is 93.6 Å². The lowest BCUT2D eigenvalue weighted by atomic mass is 10.1. The molecule has 0 bridgehead atoms. The van der Waals surface area contributed by atoms with Crippen LogP contribution in [0.3, 0.4) is 0 Å². The first kappa shape index (κ1) is 11.4. The average molecular weight is 211 g/mol. The second kappa shape index (κ2) is 5.83. The maximum atomic E-state index is 3.72. The number of nitrogens with one attached hydrogen (secondary N) is 2. The summed E-state index contributed by atoms with van der Waals surface area (Å²) in [5.74, 6) is 0. The van der Waals surface area contributed by atoms with Gasteiger partial charge in [0, 0.05) is 25.2 Å². The highest BCUT2D eigenvalue weighted by Gasteiger charge is 2.20. The second-order valence-electron chi connectivity index (χ2n) is 4.93. The van der Waals surface area contributed by atoms with Gasteiger partial charge in [-0.25, -0.2) is 0 Å². The summed E-state index contributed by atoms with van der Waals surface area (Å²) in [4.78, 5) is 2.56. The molecule has 3 heteroatoms. The monoisotopic (exact) mass is 211 g/mol. The molecule has 2 heterocycles. The van der Waals surface area contributed by atoms with Crippen molar-refractivity contribution in [1.29, 1.82) is 0 Å². The summed E-state index contributed by atoms with van der Waals surface area (Å²) >= 11 is 0. The van der Waals surface area contributed by atoms with Gasteiger partial charge in [-0.3, -0.25) is 0 Å². The number of likely N-dealkylation sites (N-methyl/N-ethyl adjacent to an activating group) is 1. The third-order valence-electron chi connectivity index (χ3n) is 3.77. The van der Waals surface area contributed by atoms with Crippen LogP contribution in [-0.2, 0) is 0 Å². The summed E-state index contributed by atoms with van der Waals surface area (Å²) < 4.78 is 0. The standard InChI is InChI=1S/C12H25N3/c1-2-15-8-4-6-12(10-15)14-9-11-5-3-7-13-11/h11-14H,2-10H2,1H3. The van der Waals surface area contributed by atoms with E-state index in [2.05, 4.69) is 22.5 Å². The number of rotatable bonds is 4. The molecule has 2 rings (SSSR count). The van der Waals surface area contributed by atoms with Gasteiger partial charge in [-0.05, 0) is 45.3 Å². The van der Waals surface area contributed by atoms with Gasteiger partial charge in [0.1, 0.15) is 0 Å². The van der Waals surface area contributed by atoms with Crippen LogP contribution in [0.15, 0.2) is 0 Å². The van der Waals surface area contributed by atoms with Gasteiger partial charge in [0.15, 0.2) is 0 Å². The van der Waals surface area contributed by atoms with E-state index in [9.17, 15) is 0 Å². The van der Waals surface area contributed by atoms with E-state index in [1.165, 1.54) is 58.4 Å². The number of nitrogens with zero attached hydrogens (tertiary/aromatic N) is 1. The van der Waals surface area contributed by atoms with Gasteiger partial charge >= 0.3 is 0 Å². The summed E-state index contributed by atoms with van der Waals surface area (Å²) in [6.45, 7) is 8.42. The SMILES string of the molecule is CCN1CCCC(NCC2CCCN2)C1. The summed E-state index contributed by atoms with van der Waals surface area (Å²) in [6, 6.07) is 1.48. The van der Waals surface area contributed by atoms with Crippen molar-refractivity contribution in [3.05, 3.63) is 0 Å². The molecule has 2 aliphatic rings. The fourth-order valence-electron chi connectivity index (χ4n) is 2.75. The fraction of sp³-hybridized carbons (Fsp3) is 1.00. The highest BCUT2D eigenvalue weighted by Crippen LogP contribution is 2.10. The van der Waals surface area contributed by atoms with Crippen LogP contribution in [0, 0.1) is 0 Å². The van der Waals surface area contributed by atoms with Crippen molar-refractivity contribution in [2.75, 3.05) is 32.7 Å². The van der Waals surface area contributed by atoms with E-state index in [1.807, 2.05) is 0 Å². The van der Waals surface area contributed by atoms with E-state index >= 15 is 0 Å². The molecule has 88 valence electrons. The van der Waals surface area contributed by atoms with Crippen LogP contribution >= 0.6 is 0 Å². The Bertz CT molecular complexity index is 178. The molecule has 15 heavy (non-hydrogen) atoms. The lowest BCUT2D eigenvalue weighted by Crippen LogP contribution is -2.48. The quantitative estimate of drug-likeness (QED) is 0.721. The summed E-state index contributed by atoms with van der Waals surface area (Å²) in [5, 5.41) is 7.27. The molecule has 0 aromatic heterocycles. The Hall–Kier alpha value is -0.120. The van der Waals surface area contributed by atoms with Crippen molar-refractivity contribution >= 4 is 0 Å². The van der Waals surface area contributed by atoms with Crippen LogP contribution in [0.5, 0.6) is 0 Å². The molecule has 0 aromatic carbocycles. The largest absolute Gasteiger partial charge is 0.313 e. The molecule has 2 atom stereocenters. The van der Waals surface area contributed by atoms with Gasteiger partial charge in [-0.1, -0.05) is 6.92 Å². The van der Waals surface area contributed by atoms with E-state index in [4.69, 9.17) is 0 Å². The van der Waals surface area contributed by atoms with Gasteiger partial charge in [0.05, 0.1) is 0 Å². The minimum absolute atomic E-state index is 0.737.